The summed E-state index contributed by atoms with van der Waals surface area (Å²) < 4.78 is 39.7. The summed E-state index contributed by atoms with van der Waals surface area (Å²) in [5.41, 5.74) is 1.57. The third kappa shape index (κ3) is 6.28. The monoisotopic (exact) mass is 502 g/mol. The molecule has 0 spiro atoms. The molecule has 0 unspecified atom stereocenters. The Morgan fingerprint density at radius 2 is 1.59 bits per heavy atom. The molecule has 0 radical (unpaired) electrons. The number of hydrogen-bond donors (Lipinski definition) is 2. The average Bonchev–Trinajstić information content (AvgIpc) is 2.84. The maximum atomic E-state index is 13.3. The van der Waals surface area contributed by atoms with Crippen LogP contribution >= 0.6 is 11.6 Å². The van der Waals surface area contributed by atoms with E-state index in [9.17, 15) is 13.2 Å². The quantitative estimate of drug-likeness (QED) is 0.435. The summed E-state index contributed by atoms with van der Waals surface area (Å²) in [6, 6.07) is 19.3. The largest absolute Gasteiger partial charge is 0.496 e. The highest BCUT2D eigenvalue weighted by Gasteiger charge is 2.29. The van der Waals surface area contributed by atoms with Crippen LogP contribution in [0.3, 0.4) is 0 Å². The second-order valence-corrected chi connectivity index (χ2v) is 9.75. The van der Waals surface area contributed by atoms with Crippen LogP contribution in [0.1, 0.15) is 24.1 Å². The molecule has 1 amide bonds. The molecule has 0 fully saturated rings. The first-order chi connectivity index (χ1) is 16.2. The van der Waals surface area contributed by atoms with E-state index in [0.717, 1.165) is 11.1 Å². The molecule has 0 aromatic heterocycles. The molecule has 0 saturated heterocycles. The lowest BCUT2D eigenvalue weighted by atomic mass is 10.0. The predicted molar refractivity (Wildman–Crippen MR) is 132 cm³/mol. The van der Waals surface area contributed by atoms with E-state index in [0.29, 0.717) is 5.75 Å². The first kappa shape index (κ1) is 25.6. The minimum absolute atomic E-state index is 0.123. The maximum Gasteiger partial charge on any atom is 0.245 e. The van der Waals surface area contributed by atoms with Crippen molar-refractivity contribution in [3.8, 4) is 11.5 Å². The molecule has 3 aromatic carbocycles. The Kier molecular flexibility index (Phi) is 8.55. The van der Waals surface area contributed by atoms with Crippen LogP contribution in [-0.2, 0) is 21.2 Å². The molecule has 0 bridgehead atoms. The SMILES string of the molecule is COc1ccccc1[C@@H](C)NC(=O)[C@H](Cc1ccccc1)NS(=O)(=O)c1cc(Cl)ccc1OC. The van der Waals surface area contributed by atoms with Crippen molar-refractivity contribution in [3.05, 3.63) is 88.9 Å². The van der Waals surface area contributed by atoms with Gasteiger partial charge in [-0.2, -0.15) is 4.72 Å². The summed E-state index contributed by atoms with van der Waals surface area (Å²) >= 11 is 6.04. The van der Waals surface area contributed by atoms with Crippen molar-refractivity contribution in [2.75, 3.05) is 14.2 Å². The van der Waals surface area contributed by atoms with Gasteiger partial charge in [-0.05, 0) is 43.2 Å². The molecule has 2 atom stereocenters. The number of hydrogen-bond acceptors (Lipinski definition) is 5. The van der Waals surface area contributed by atoms with Crippen molar-refractivity contribution < 1.29 is 22.7 Å². The first-order valence-corrected chi connectivity index (χ1v) is 12.4. The van der Waals surface area contributed by atoms with Crippen molar-refractivity contribution in [3.63, 3.8) is 0 Å². The van der Waals surface area contributed by atoms with E-state index < -0.39 is 28.0 Å². The lowest BCUT2D eigenvalue weighted by Gasteiger charge is -2.23. The fourth-order valence-corrected chi connectivity index (χ4v) is 5.19. The van der Waals surface area contributed by atoms with Gasteiger partial charge in [0.05, 0.1) is 20.3 Å². The molecule has 0 saturated carbocycles. The molecule has 3 rings (SSSR count). The number of carbonyl (C=O) groups excluding carboxylic acids is 1. The van der Waals surface area contributed by atoms with Gasteiger partial charge in [0.1, 0.15) is 22.4 Å². The Morgan fingerprint density at radius 3 is 2.26 bits per heavy atom. The Labute approximate surface area is 205 Å². The molecular formula is C25H27ClN2O5S. The molecular weight excluding hydrogens is 476 g/mol. The first-order valence-electron chi connectivity index (χ1n) is 10.6. The predicted octanol–water partition coefficient (Wildman–Crippen LogP) is 4.12. The van der Waals surface area contributed by atoms with Crippen LogP contribution in [0.15, 0.2) is 77.7 Å². The summed E-state index contributed by atoms with van der Waals surface area (Å²) in [5, 5.41) is 3.13. The van der Waals surface area contributed by atoms with Crippen LogP contribution in [0.25, 0.3) is 0 Å². The highest BCUT2D eigenvalue weighted by molar-refractivity contribution is 7.89. The van der Waals surface area contributed by atoms with Gasteiger partial charge in [0.2, 0.25) is 15.9 Å². The second kappa shape index (κ2) is 11.4. The molecule has 2 N–H and O–H groups in total. The van der Waals surface area contributed by atoms with Gasteiger partial charge in [-0.3, -0.25) is 4.79 Å². The van der Waals surface area contributed by atoms with E-state index in [-0.39, 0.29) is 22.1 Å². The van der Waals surface area contributed by atoms with Crippen molar-refractivity contribution in [1.82, 2.24) is 10.0 Å². The molecule has 7 nitrogen and oxygen atoms in total. The number of benzene rings is 3. The van der Waals surface area contributed by atoms with Gasteiger partial charge in [0.15, 0.2) is 0 Å². The number of nitrogens with one attached hydrogen (secondary N) is 2. The fourth-order valence-electron chi connectivity index (χ4n) is 3.56. The van der Waals surface area contributed by atoms with Gasteiger partial charge in [0, 0.05) is 10.6 Å². The Bertz CT molecular complexity index is 1240. The molecule has 0 aliphatic rings. The van der Waals surface area contributed by atoms with Crippen molar-refractivity contribution in [1.29, 1.82) is 0 Å². The number of para-hydroxylation sites is 1. The molecule has 3 aromatic rings. The smallest absolute Gasteiger partial charge is 0.245 e. The van der Waals surface area contributed by atoms with Gasteiger partial charge in [-0.25, -0.2) is 8.42 Å². The Hall–Kier alpha value is -3.07. The minimum Gasteiger partial charge on any atom is -0.496 e. The van der Waals surface area contributed by atoms with Crippen LogP contribution in [0, 0.1) is 0 Å². The van der Waals surface area contributed by atoms with E-state index in [1.807, 2.05) is 55.5 Å². The lowest BCUT2D eigenvalue weighted by molar-refractivity contribution is -0.123. The van der Waals surface area contributed by atoms with Crippen molar-refractivity contribution >= 4 is 27.5 Å². The van der Waals surface area contributed by atoms with Crippen molar-refractivity contribution in [2.24, 2.45) is 0 Å². The summed E-state index contributed by atoms with van der Waals surface area (Å²) in [7, 11) is -1.23. The average molecular weight is 503 g/mol. The van der Waals surface area contributed by atoms with Crippen LogP contribution in [0.4, 0.5) is 0 Å². The third-order valence-electron chi connectivity index (χ3n) is 5.28. The number of amides is 1. The number of rotatable bonds is 10. The van der Waals surface area contributed by atoms with Crippen LogP contribution in [0.2, 0.25) is 5.02 Å². The molecule has 180 valence electrons. The number of carbonyl (C=O) groups is 1. The summed E-state index contributed by atoms with van der Waals surface area (Å²) in [6.45, 7) is 1.81. The fraction of sp³-hybridized carbons (Fsp3) is 0.240. The van der Waals surface area contributed by atoms with Crippen LogP contribution in [-0.4, -0.2) is 34.6 Å². The second-order valence-electron chi connectivity index (χ2n) is 7.63. The van der Waals surface area contributed by atoms with Gasteiger partial charge < -0.3 is 14.8 Å². The molecule has 9 heteroatoms. The Morgan fingerprint density at radius 1 is 0.941 bits per heavy atom. The van der Waals surface area contributed by atoms with Crippen molar-refractivity contribution in [2.45, 2.75) is 30.3 Å². The highest BCUT2D eigenvalue weighted by atomic mass is 35.5. The van der Waals surface area contributed by atoms with Crippen LogP contribution < -0.4 is 19.5 Å². The summed E-state index contributed by atoms with van der Waals surface area (Å²) in [6.07, 6.45) is 0.146. The van der Waals surface area contributed by atoms with Gasteiger partial charge in [0.25, 0.3) is 0 Å². The molecule has 0 heterocycles. The van der Waals surface area contributed by atoms with E-state index in [2.05, 4.69) is 10.0 Å². The van der Waals surface area contributed by atoms with E-state index >= 15 is 0 Å². The minimum atomic E-state index is -4.15. The van der Waals surface area contributed by atoms with Gasteiger partial charge in [-0.1, -0.05) is 60.1 Å². The Balaban J connectivity index is 1.91. The van der Waals surface area contributed by atoms with E-state index in [4.69, 9.17) is 21.1 Å². The number of methoxy groups -OCH3 is 2. The molecule has 0 aliphatic heterocycles. The number of halogens is 1. The topological polar surface area (TPSA) is 93.7 Å². The molecule has 34 heavy (non-hydrogen) atoms. The summed E-state index contributed by atoms with van der Waals surface area (Å²) in [5.74, 6) is 0.268. The highest BCUT2D eigenvalue weighted by Crippen LogP contribution is 2.28. The summed E-state index contributed by atoms with van der Waals surface area (Å²) in [4.78, 5) is 13.2. The van der Waals surface area contributed by atoms with Gasteiger partial charge in [-0.15, -0.1) is 0 Å². The number of ether oxygens (including phenoxy) is 2. The van der Waals surface area contributed by atoms with Crippen LogP contribution in [0.5, 0.6) is 11.5 Å². The lowest BCUT2D eigenvalue weighted by Crippen LogP contribution is -2.48. The van der Waals surface area contributed by atoms with Gasteiger partial charge >= 0.3 is 0 Å². The zero-order valence-corrected chi connectivity index (χ0v) is 20.7. The zero-order valence-electron chi connectivity index (χ0n) is 19.1. The molecule has 0 aliphatic carbocycles. The maximum absolute atomic E-state index is 13.3. The number of sulfonamides is 1. The standard InChI is InChI=1S/C25H27ClN2O5S/c1-17(20-11-7-8-12-22(20)32-2)27-25(29)21(15-18-9-5-4-6-10-18)28-34(30,31)24-16-19(26)13-14-23(24)33-3/h4-14,16-17,21,28H,15H2,1-3H3,(H,27,29)/t17-,21+/m1/s1. The van der Waals surface area contributed by atoms with E-state index in [1.165, 1.54) is 25.3 Å². The zero-order chi connectivity index (χ0) is 24.7. The normalized spacial score (nSPS) is 13.1. The third-order valence-corrected chi connectivity index (χ3v) is 7.00. The van der Waals surface area contributed by atoms with E-state index in [1.54, 1.807) is 13.2 Å².